The highest BCUT2D eigenvalue weighted by Crippen LogP contribution is 2.26. The lowest BCUT2D eigenvalue weighted by atomic mass is 9.98. The van der Waals surface area contributed by atoms with Gasteiger partial charge in [0.05, 0.1) is 17.9 Å². The van der Waals surface area contributed by atoms with Gasteiger partial charge in [-0.1, -0.05) is 17.7 Å². The van der Waals surface area contributed by atoms with Gasteiger partial charge in [0, 0.05) is 18.8 Å². The first-order chi connectivity index (χ1) is 16.0. The van der Waals surface area contributed by atoms with Crippen molar-refractivity contribution in [3.8, 4) is 5.75 Å². The molecule has 2 aromatic carbocycles. The Morgan fingerprint density at radius 1 is 1.03 bits per heavy atom. The number of carbonyl (C=O) groups excluding carboxylic acids is 2. The van der Waals surface area contributed by atoms with Gasteiger partial charge in [0.1, 0.15) is 5.75 Å². The van der Waals surface area contributed by atoms with E-state index in [0.717, 1.165) is 22.4 Å². The maximum absolute atomic E-state index is 12.9. The average Bonchev–Trinajstić information content (AvgIpc) is 2.81. The molecule has 9 heteroatoms. The molecular weight excluding hydrogens is 456 g/mol. The van der Waals surface area contributed by atoms with E-state index in [1.807, 2.05) is 32.9 Å². The van der Waals surface area contributed by atoms with Gasteiger partial charge in [-0.05, 0) is 75.9 Å². The zero-order valence-electron chi connectivity index (χ0n) is 20.3. The van der Waals surface area contributed by atoms with Crippen LogP contribution in [-0.2, 0) is 24.3 Å². The molecule has 1 fully saturated rings. The first-order valence-corrected chi connectivity index (χ1v) is 12.7. The highest BCUT2D eigenvalue weighted by atomic mass is 32.2. The number of aryl methyl sites for hydroxylation is 3. The van der Waals surface area contributed by atoms with E-state index in [-0.39, 0.29) is 18.0 Å². The van der Waals surface area contributed by atoms with Gasteiger partial charge >= 0.3 is 5.97 Å². The number of amides is 1. The molecule has 0 aliphatic carbocycles. The molecule has 1 unspecified atom stereocenters. The molecule has 184 valence electrons. The number of carbonyl (C=O) groups is 2. The van der Waals surface area contributed by atoms with Crippen LogP contribution < -0.4 is 10.1 Å². The van der Waals surface area contributed by atoms with Crippen LogP contribution >= 0.6 is 0 Å². The van der Waals surface area contributed by atoms with Gasteiger partial charge in [-0.3, -0.25) is 9.59 Å². The number of methoxy groups -OCH3 is 1. The van der Waals surface area contributed by atoms with Gasteiger partial charge in [0.15, 0.2) is 6.10 Å². The first-order valence-electron chi connectivity index (χ1n) is 11.3. The van der Waals surface area contributed by atoms with E-state index in [1.54, 1.807) is 12.1 Å². The van der Waals surface area contributed by atoms with E-state index in [4.69, 9.17) is 9.47 Å². The van der Waals surface area contributed by atoms with Crippen LogP contribution in [0, 0.1) is 26.7 Å². The lowest BCUT2D eigenvalue weighted by Gasteiger charge is -2.30. The Kier molecular flexibility index (Phi) is 7.99. The van der Waals surface area contributed by atoms with E-state index in [1.165, 1.54) is 30.5 Å². The fourth-order valence-corrected chi connectivity index (χ4v) is 5.62. The number of hydrogen-bond donors (Lipinski definition) is 1. The third-order valence-electron chi connectivity index (χ3n) is 6.07. The maximum atomic E-state index is 12.9. The molecule has 0 aromatic heterocycles. The Hall–Kier alpha value is -2.91. The molecule has 1 heterocycles. The summed E-state index contributed by atoms with van der Waals surface area (Å²) in [6, 6.07) is 10.2. The Morgan fingerprint density at radius 3 is 2.12 bits per heavy atom. The number of ether oxygens (including phenoxy) is 2. The molecule has 1 saturated heterocycles. The van der Waals surface area contributed by atoms with Crippen molar-refractivity contribution in [2.75, 3.05) is 25.5 Å². The van der Waals surface area contributed by atoms with Crippen molar-refractivity contribution in [1.29, 1.82) is 0 Å². The number of sulfonamides is 1. The van der Waals surface area contributed by atoms with Crippen LogP contribution in [0.15, 0.2) is 41.3 Å². The van der Waals surface area contributed by atoms with E-state index >= 15 is 0 Å². The number of hydrogen-bond acceptors (Lipinski definition) is 6. The molecule has 0 spiro atoms. The standard InChI is InChI=1S/C25H32N2O6S/c1-16-14-17(2)23(18(3)15-16)26-24(28)19(4)33-25(29)20-10-12-27(13-11-20)34(30,31)22-8-6-21(32-5)7-9-22/h6-9,14-15,19-20H,10-13H2,1-5H3,(H,26,28). The number of piperidine rings is 1. The van der Waals surface area contributed by atoms with Crippen LogP contribution in [0.25, 0.3) is 0 Å². The highest BCUT2D eigenvalue weighted by molar-refractivity contribution is 7.89. The topological polar surface area (TPSA) is 102 Å². The Morgan fingerprint density at radius 2 is 1.59 bits per heavy atom. The molecule has 1 N–H and O–H groups in total. The molecule has 1 aliphatic heterocycles. The van der Waals surface area contributed by atoms with Crippen molar-refractivity contribution in [3.05, 3.63) is 53.1 Å². The van der Waals surface area contributed by atoms with Gasteiger partial charge < -0.3 is 14.8 Å². The molecule has 1 amide bonds. The van der Waals surface area contributed by atoms with Crippen molar-refractivity contribution in [3.63, 3.8) is 0 Å². The zero-order valence-corrected chi connectivity index (χ0v) is 21.1. The first kappa shape index (κ1) is 25.7. The summed E-state index contributed by atoms with van der Waals surface area (Å²) in [4.78, 5) is 25.5. The van der Waals surface area contributed by atoms with Crippen LogP contribution in [0.2, 0.25) is 0 Å². The predicted molar refractivity (Wildman–Crippen MR) is 129 cm³/mol. The van der Waals surface area contributed by atoms with Crippen LogP contribution in [-0.4, -0.2) is 50.9 Å². The number of anilines is 1. The van der Waals surface area contributed by atoms with Crippen LogP contribution in [0.4, 0.5) is 5.69 Å². The van der Waals surface area contributed by atoms with E-state index in [2.05, 4.69) is 5.32 Å². The fraction of sp³-hybridized carbons (Fsp3) is 0.440. The summed E-state index contributed by atoms with van der Waals surface area (Å²) >= 11 is 0. The van der Waals surface area contributed by atoms with Gasteiger partial charge in [0.2, 0.25) is 10.0 Å². The quantitative estimate of drug-likeness (QED) is 0.598. The minimum Gasteiger partial charge on any atom is -0.497 e. The zero-order chi connectivity index (χ0) is 25.0. The highest BCUT2D eigenvalue weighted by Gasteiger charge is 2.34. The van der Waals surface area contributed by atoms with Crippen molar-refractivity contribution in [1.82, 2.24) is 4.31 Å². The second-order valence-corrected chi connectivity index (χ2v) is 10.6. The number of nitrogens with one attached hydrogen (secondary N) is 1. The van der Waals surface area contributed by atoms with Crippen LogP contribution in [0.3, 0.4) is 0 Å². The van der Waals surface area contributed by atoms with E-state index in [0.29, 0.717) is 18.6 Å². The average molecular weight is 489 g/mol. The molecule has 0 saturated carbocycles. The molecule has 34 heavy (non-hydrogen) atoms. The number of benzene rings is 2. The lowest BCUT2D eigenvalue weighted by molar-refractivity contribution is -0.158. The predicted octanol–water partition coefficient (Wildman–Crippen LogP) is 3.59. The van der Waals surface area contributed by atoms with Gasteiger partial charge in [-0.15, -0.1) is 0 Å². The molecule has 1 atom stereocenters. The van der Waals surface area contributed by atoms with Crippen LogP contribution in [0.1, 0.15) is 36.5 Å². The van der Waals surface area contributed by atoms with E-state index in [9.17, 15) is 18.0 Å². The second kappa shape index (κ2) is 10.6. The second-order valence-electron chi connectivity index (χ2n) is 8.70. The lowest BCUT2D eigenvalue weighted by Crippen LogP contribution is -2.41. The summed E-state index contributed by atoms with van der Waals surface area (Å²) in [6.07, 6.45) is -0.300. The third kappa shape index (κ3) is 5.77. The monoisotopic (exact) mass is 488 g/mol. The molecule has 8 nitrogen and oxygen atoms in total. The van der Waals surface area contributed by atoms with E-state index < -0.39 is 33.9 Å². The van der Waals surface area contributed by atoms with Crippen molar-refractivity contribution < 1.29 is 27.5 Å². The number of rotatable bonds is 7. The van der Waals surface area contributed by atoms with Gasteiger partial charge in [-0.2, -0.15) is 4.31 Å². The largest absolute Gasteiger partial charge is 0.497 e. The summed E-state index contributed by atoms with van der Waals surface area (Å²) in [5.74, 6) is -0.768. The maximum Gasteiger partial charge on any atom is 0.309 e. The molecule has 1 aliphatic rings. The SMILES string of the molecule is COc1ccc(S(=O)(=O)N2CCC(C(=O)OC(C)C(=O)Nc3c(C)cc(C)cc3C)CC2)cc1. The van der Waals surface area contributed by atoms with Gasteiger partial charge in [-0.25, -0.2) is 8.42 Å². The van der Waals surface area contributed by atoms with Crippen molar-refractivity contribution >= 4 is 27.6 Å². The Bertz CT molecular complexity index is 1130. The molecular formula is C25H32N2O6S. The number of nitrogens with zero attached hydrogens (tertiary/aromatic N) is 1. The normalized spacial score (nSPS) is 16.0. The summed E-state index contributed by atoms with van der Waals surface area (Å²) < 4.78 is 37.7. The third-order valence-corrected chi connectivity index (χ3v) is 7.98. The molecule has 2 aromatic rings. The molecule has 0 bridgehead atoms. The van der Waals surface area contributed by atoms with Crippen molar-refractivity contribution in [2.24, 2.45) is 5.92 Å². The minimum atomic E-state index is -3.66. The van der Waals surface area contributed by atoms with Crippen LogP contribution in [0.5, 0.6) is 5.75 Å². The summed E-state index contributed by atoms with van der Waals surface area (Å²) in [5, 5.41) is 2.85. The molecule has 0 radical (unpaired) electrons. The fourth-order valence-electron chi connectivity index (χ4n) is 4.15. The Balaban J connectivity index is 1.55. The number of esters is 1. The minimum absolute atomic E-state index is 0.182. The smallest absolute Gasteiger partial charge is 0.309 e. The summed E-state index contributed by atoms with van der Waals surface area (Å²) in [7, 11) is -2.14. The summed E-state index contributed by atoms with van der Waals surface area (Å²) in [6.45, 7) is 7.77. The molecule has 3 rings (SSSR count). The van der Waals surface area contributed by atoms with Gasteiger partial charge in [0.25, 0.3) is 5.91 Å². The summed E-state index contributed by atoms with van der Waals surface area (Å²) in [5.41, 5.74) is 3.70. The van der Waals surface area contributed by atoms with Crippen molar-refractivity contribution in [2.45, 2.75) is 51.5 Å². The Labute approximate surface area is 201 Å².